The van der Waals surface area contributed by atoms with Crippen molar-refractivity contribution in [3.63, 3.8) is 0 Å². The zero-order chi connectivity index (χ0) is 23.1. The molecule has 0 bridgehead atoms. The summed E-state index contributed by atoms with van der Waals surface area (Å²) in [7, 11) is 0. The van der Waals surface area contributed by atoms with E-state index in [-0.39, 0.29) is 12.6 Å². The van der Waals surface area contributed by atoms with Gasteiger partial charge in [0.25, 0.3) is 0 Å². The van der Waals surface area contributed by atoms with Crippen LogP contribution < -0.4 is 16.0 Å². The third-order valence-electron chi connectivity index (χ3n) is 4.98. The molecule has 0 aliphatic carbocycles. The molecule has 0 aliphatic rings. The summed E-state index contributed by atoms with van der Waals surface area (Å²) < 4.78 is 5.16. The molecule has 170 valence electrons. The molecule has 0 atom stereocenters. The van der Waals surface area contributed by atoms with E-state index < -0.39 is 11.7 Å². The Labute approximate surface area is 188 Å². The van der Waals surface area contributed by atoms with Gasteiger partial charge in [0.2, 0.25) is 0 Å². The molecule has 0 radical (unpaired) electrons. The molecule has 1 heterocycles. The maximum absolute atomic E-state index is 12.2. The molecular formula is C25H32N4O3. The van der Waals surface area contributed by atoms with E-state index in [9.17, 15) is 9.59 Å². The molecule has 7 nitrogen and oxygen atoms in total. The highest BCUT2D eigenvalue weighted by molar-refractivity contribution is 5.89. The average molecular weight is 437 g/mol. The number of carbonyl (C=O) groups is 2. The number of aromatic nitrogens is 1. The smallest absolute Gasteiger partial charge is 0.407 e. The first-order valence-electron chi connectivity index (χ1n) is 10.9. The fraction of sp³-hybridized carbons (Fsp3) is 0.360. The second-order valence-electron chi connectivity index (χ2n) is 8.68. The first kappa shape index (κ1) is 23.2. The summed E-state index contributed by atoms with van der Waals surface area (Å²) >= 11 is 0. The molecular weight excluding hydrogens is 404 g/mol. The summed E-state index contributed by atoms with van der Waals surface area (Å²) in [6.07, 6.45) is 3.26. The molecule has 0 saturated heterocycles. The van der Waals surface area contributed by atoms with Crippen LogP contribution in [0.4, 0.5) is 15.3 Å². The molecule has 4 N–H and O–H groups in total. The standard InChI is InChI=1S/C25H32N4O3/c1-5-17-15-20(29-23(30)26-12-13-27-24(31)32-25(2,3)4)11-10-18(17)14-19-16-28-22-9-7-6-8-21(19)22/h6-11,15-16,28H,5,12-14H2,1-4H3,(H,27,31)(H2,26,29,30). The number of H-pyrrole nitrogens is 1. The molecule has 7 heteroatoms. The van der Waals surface area contributed by atoms with E-state index in [0.717, 1.165) is 24.0 Å². The number of anilines is 1. The van der Waals surface area contributed by atoms with E-state index >= 15 is 0 Å². The number of para-hydroxylation sites is 1. The van der Waals surface area contributed by atoms with Crippen molar-refractivity contribution in [1.82, 2.24) is 15.6 Å². The minimum atomic E-state index is -0.549. The number of carbonyl (C=O) groups excluding carboxylic acids is 2. The Kier molecular flexibility index (Phi) is 7.41. The number of hydrogen-bond donors (Lipinski definition) is 4. The van der Waals surface area contributed by atoms with Crippen molar-refractivity contribution in [3.05, 3.63) is 65.4 Å². The maximum Gasteiger partial charge on any atom is 0.407 e. The SMILES string of the molecule is CCc1cc(NC(=O)NCCNC(=O)OC(C)(C)C)ccc1Cc1c[nH]c2ccccc12. The number of benzene rings is 2. The number of aromatic amines is 1. The number of nitrogens with one attached hydrogen (secondary N) is 4. The van der Waals surface area contributed by atoms with E-state index in [0.29, 0.717) is 6.54 Å². The molecule has 2 aromatic carbocycles. The first-order valence-corrected chi connectivity index (χ1v) is 10.9. The molecule has 3 amide bonds. The molecule has 32 heavy (non-hydrogen) atoms. The largest absolute Gasteiger partial charge is 0.444 e. The Hall–Kier alpha value is -3.48. The van der Waals surface area contributed by atoms with Gasteiger partial charge in [-0.2, -0.15) is 0 Å². The average Bonchev–Trinajstić information content (AvgIpc) is 3.14. The Morgan fingerprint density at radius 2 is 1.72 bits per heavy atom. The summed E-state index contributed by atoms with van der Waals surface area (Å²) in [6, 6.07) is 14.0. The lowest BCUT2D eigenvalue weighted by atomic mass is 9.97. The van der Waals surface area contributed by atoms with Gasteiger partial charge in [-0.3, -0.25) is 0 Å². The van der Waals surface area contributed by atoms with Gasteiger partial charge >= 0.3 is 12.1 Å². The van der Waals surface area contributed by atoms with Crippen LogP contribution in [0.1, 0.15) is 44.4 Å². The van der Waals surface area contributed by atoms with Crippen LogP contribution in [0.3, 0.4) is 0 Å². The van der Waals surface area contributed by atoms with Crippen molar-refractivity contribution >= 4 is 28.7 Å². The number of fused-ring (bicyclic) bond motifs is 1. The van der Waals surface area contributed by atoms with Gasteiger partial charge in [-0.05, 0) is 68.5 Å². The summed E-state index contributed by atoms with van der Waals surface area (Å²) in [5.41, 5.74) is 5.01. The van der Waals surface area contributed by atoms with Gasteiger partial charge in [0.15, 0.2) is 0 Å². The molecule has 0 fully saturated rings. The van der Waals surface area contributed by atoms with Crippen molar-refractivity contribution in [3.8, 4) is 0 Å². The topological polar surface area (TPSA) is 95.2 Å². The lowest BCUT2D eigenvalue weighted by Gasteiger charge is -2.19. The van der Waals surface area contributed by atoms with E-state index in [1.165, 1.54) is 22.1 Å². The third kappa shape index (κ3) is 6.51. The highest BCUT2D eigenvalue weighted by Crippen LogP contribution is 2.24. The summed E-state index contributed by atoms with van der Waals surface area (Å²) in [6.45, 7) is 8.09. The number of amides is 3. The van der Waals surface area contributed by atoms with Gasteiger partial charge in [0, 0.05) is 35.9 Å². The quantitative estimate of drug-likeness (QED) is 0.394. The Morgan fingerprint density at radius 1 is 0.969 bits per heavy atom. The van der Waals surface area contributed by atoms with Crippen LogP contribution >= 0.6 is 0 Å². The Bertz CT molecular complexity index is 1080. The van der Waals surface area contributed by atoms with E-state index in [1.54, 1.807) is 20.8 Å². The van der Waals surface area contributed by atoms with Crippen LogP contribution in [0, 0.1) is 0 Å². The maximum atomic E-state index is 12.2. The van der Waals surface area contributed by atoms with Crippen LogP contribution in [0.2, 0.25) is 0 Å². The van der Waals surface area contributed by atoms with Gasteiger partial charge in [0.05, 0.1) is 0 Å². The predicted molar refractivity (Wildman–Crippen MR) is 128 cm³/mol. The zero-order valence-corrected chi connectivity index (χ0v) is 19.2. The second kappa shape index (κ2) is 10.2. The van der Waals surface area contributed by atoms with E-state index in [2.05, 4.69) is 58.3 Å². The molecule has 1 aromatic heterocycles. The normalized spacial score (nSPS) is 11.2. The molecule has 0 saturated carbocycles. The van der Waals surface area contributed by atoms with Crippen molar-refractivity contribution in [2.24, 2.45) is 0 Å². The van der Waals surface area contributed by atoms with Crippen LogP contribution in [-0.4, -0.2) is 35.8 Å². The van der Waals surface area contributed by atoms with E-state index in [1.807, 2.05) is 18.2 Å². The number of aryl methyl sites for hydroxylation is 1. The third-order valence-corrected chi connectivity index (χ3v) is 4.98. The second-order valence-corrected chi connectivity index (χ2v) is 8.68. The minimum Gasteiger partial charge on any atom is -0.444 e. The van der Waals surface area contributed by atoms with Gasteiger partial charge in [0.1, 0.15) is 5.60 Å². The monoisotopic (exact) mass is 436 g/mol. The molecule has 0 spiro atoms. The van der Waals surface area contributed by atoms with Crippen LogP contribution in [0.15, 0.2) is 48.7 Å². The number of hydrogen-bond acceptors (Lipinski definition) is 3. The number of ether oxygens (including phenoxy) is 1. The fourth-order valence-corrected chi connectivity index (χ4v) is 3.52. The van der Waals surface area contributed by atoms with Gasteiger partial charge in [-0.1, -0.05) is 31.2 Å². The molecule has 3 rings (SSSR count). The van der Waals surface area contributed by atoms with Crippen molar-refractivity contribution in [1.29, 1.82) is 0 Å². The zero-order valence-electron chi connectivity index (χ0n) is 19.2. The lowest BCUT2D eigenvalue weighted by molar-refractivity contribution is 0.0528. The fourth-order valence-electron chi connectivity index (χ4n) is 3.52. The van der Waals surface area contributed by atoms with E-state index in [4.69, 9.17) is 4.74 Å². The van der Waals surface area contributed by atoms with Crippen molar-refractivity contribution in [2.45, 2.75) is 46.1 Å². The Morgan fingerprint density at radius 3 is 2.47 bits per heavy atom. The van der Waals surface area contributed by atoms with Gasteiger partial charge in [-0.15, -0.1) is 0 Å². The van der Waals surface area contributed by atoms with Crippen LogP contribution in [0.25, 0.3) is 10.9 Å². The lowest BCUT2D eigenvalue weighted by Crippen LogP contribution is -2.39. The Balaban J connectivity index is 1.53. The van der Waals surface area contributed by atoms with Crippen molar-refractivity contribution < 1.29 is 14.3 Å². The predicted octanol–water partition coefficient (Wildman–Crippen LogP) is 4.97. The summed E-state index contributed by atoms with van der Waals surface area (Å²) in [5.74, 6) is 0. The number of rotatable bonds is 7. The molecule has 0 unspecified atom stereocenters. The highest BCUT2D eigenvalue weighted by atomic mass is 16.6. The summed E-state index contributed by atoms with van der Waals surface area (Å²) in [5, 5.41) is 9.44. The first-order chi connectivity index (χ1) is 15.2. The van der Waals surface area contributed by atoms with Gasteiger partial charge < -0.3 is 25.7 Å². The molecule has 3 aromatic rings. The van der Waals surface area contributed by atoms with Crippen molar-refractivity contribution in [2.75, 3.05) is 18.4 Å². The molecule has 0 aliphatic heterocycles. The van der Waals surface area contributed by atoms with Crippen LogP contribution in [-0.2, 0) is 17.6 Å². The summed E-state index contributed by atoms with van der Waals surface area (Å²) in [4.78, 5) is 27.1. The number of alkyl carbamates (subject to hydrolysis) is 1. The van der Waals surface area contributed by atoms with Crippen LogP contribution in [0.5, 0.6) is 0 Å². The number of urea groups is 1. The minimum absolute atomic E-state index is 0.284. The van der Waals surface area contributed by atoms with Gasteiger partial charge in [-0.25, -0.2) is 9.59 Å². The highest BCUT2D eigenvalue weighted by Gasteiger charge is 2.15.